The fourth-order valence-corrected chi connectivity index (χ4v) is 5.13. The molecule has 3 N–H and O–H groups in total. The average Bonchev–Trinajstić information content (AvgIpc) is 2.73. The highest BCUT2D eigenvalue weighted by Gasteiger charge is 2.58. The van der Waals surface area contributed by atoms with Crippen LogP contribution in [0.25, 0.3) is 0 Å². The lowest BCUT2D eigenvalue weighted by atomic mass is 9.91. The highest BCUT2D eigenvalue weighted by molar-refractivity contribution is 8.04. The second-order valence-electron chi connectivity index (χ2n) is 5.52. The summed E-state index contributed by atoms with van der Waals surface area (Å²) in [6.45, 7) is 3.22. The summed E-state index contributed by atoms with van der Waals surface area (Å²) < 4.78 is 0. The van der Waals surface area contributed by atoms with Gasteiger partial charge in [0.25, 0.3) is 0 Å². The molecule has 0 radical (unpaired) electrons. The highest BCUT2D eigenvalue weighted by Crippen LogP contribution is 2.53. The summed E-state index contributed by atoms with van der Waals surface area (Å²) in [5.74, 6) is -1.51. The first kappa shape index (κ1) is 17.4. The van der Waals surface area contributed by atoms with Crippen molar-refractivity contribution in [3.8, 4) is 0 Å². The lowest BCUT2D eigenvalue weighted by Crippen LogP contribution is -2.60. The summed E-state index contributed by atoms with van der Waals surface area (Å²) in [7, 11) is 0. The largest absolute Gasteiger partial charge is 0.477 e. The van der Waals surface area contributed by atoms with E-state index in [1.165, 1.54) is 16.7 Å². The fraction of sp³-hybridized carbons (Fsp3) is 0.643. The van der Waals surface area contributed by atoms with Crippen molar-refractivity contribution in [2.45, 2.75) is 31.7 Å². The third-order valence-corrected chi connectivity index (χ3v) is 6.10. The Hall–Kier alpha value is -0.990. The van der Waals surface area contributed by atoms with E-state index in [0.717, 1.165) is 5.75 Å². The predicted octanol–water partition coefficient (Wildman–Crippen LogP) is 1.60. The van der Waals surface area contributed by atoms with Crippen molar-refractivity contribution < 1.29 is 19.8 Å². The minimum atomic E-state index is -1.14. The van der Waals surface area contributed by atoms with Crippen LogP contribution in [-0.4, -0.2) is 56.2 Å². The van der Waals surface area contributed by atoms with Gasteiger partial charge in [0.15, 0.2) is 0 Å². The molecule has 1 amide bonds. The molecule has 6 nitrogen and oxygen atoms in total. The molecule has 2 aliphatic heterocycles. The minimum Gasteiger partial charge on any atom is -0.477 e. The van der Waals surface area contributed by atoms with Crippen molar-refractivity contribution in [1.29, 1.82) is 5.41 Å². The summed E-state index contributed by atoms with van der Waals surface area (Å²) in [6, 6.07) is 0. The number of carboxylic acid groups (broad SMARTS) is 1. The van der Waals surface area contributed by atoms with Crippen molar-refractivity contribution in [1.82, 2.24) is 4.90 Å². The lowest BCUT2D eigenvalue weighted by Gasteiger charge is -2.43. The first-order valence-corrected chi connectivity index (χ1v) is 9.27. The maximum atomic E-state index is 12.1. The van der Waals surface area contributed by atoms with E-state index in [-0.39, 0.29) is 22.9 Å². The van der Waals surface area contributed by atoms with Crippen molar-refractivity contribution in [3.63, 3.8) is 0 Å². The Labute approximate surface area is 137 Å². The normalized spacial score (nSPS) is 26.5. The number of hydrogen-bond acceptors (Lipinski definition) is 6. The number of amides is 1. The molecule has 0 saturated carbocycles. The Bertz CT molecular complexity index is 547. The van der Waals surface area contributed by atoms with E-state index in [2.05, 4.69) is 0 Å². The maximum absolute atomic E-state index is 12.1. The number of β-lactam (4-membered cyclic amide) rings is 1. The Kier molecular flexibility index (Phi) is 5.24. The Morgan fingerprint density at radius 2 is 2.18 bits per heavy atom. The quantitative estimate of drug-likeness (QED) is 0.479. The van der Waals surface area contributed by atoms with Gasteiger partial charge in [-0.3, -0.25) is 9.69 Å². The number of allylic oxidation sites excluding steroid dienone is 1. The zero-order valence-electron chi connectivity index (χ0n) is 12.7. The van der Waals surface area contributed by atoms with Crippen LogP contribution in [0, 0.1) is 17.2 Å². The monoisotopic (exact) mass is 344 g/mol. The van der Waals surface area contributed by atoms with Gasteiger partial charge >= 0.3 is 5.97 Å². The molecule has 2 aliphatic rings. The number of thioether (sulfide) groups is 2. The molecule has 2 heterocycles. The second-order valence-corrected chi connectivity index (χ2v) is 7.66. The van der Waals surface area contributed by atoms with Crippen LogP contribution in [0.4, 0.5) is 0 Å². The van der Waals surface area contributed by atoms with Gasteiger partial charge in [-0.05, 0) is 32.3 Å². The number of aliphatic hydroxyl groups is 1. The van der Waals surface area contributed by atoms with Crippen LogP contribution in [0.3, 0.4) is 0 Å². The molecule has 0 bridgehead atoms. The molecular weight excluding hydrogens is 324 g/mol. The number of hydrogen-bond donors (Lipinski definition) is 3. The van der Waals surface area contributed by atoms with Crippen molar-refractivity contribution in [2.75, 3.05) is 12.0 Å². The van der Waals surface area contributed by atoms with E-state index in [0.29, 0.717) is 17.0 Å². The van der Waals surface area contributed by atoms with Gasteiger partial charge in [-0.2, -0.15) is 11.8 Å². The maximum Gasteiger partial charge on any atom is 0.353 e. The number of carbonyl (C=O) groups is 2. The van der Waals surface area contributed by atoms with Gasteiger partial charge in [0, 0.05) is 16.5 Å². The summed E-state index contributed by atoms with van der Waals surface area (Å²) in [4.78, 5) is 25.6. The van der Waals surface area contributed by atoms with Crippen LogP contribution in [0.1, 0.15) is 20.3 Å². The van der Waals surface area contributed by atoms with E-state index < -0.39 is 18.0 Å². The standard InChI is InChI=1S/C14H20N2O4S2/c1-6(15)8(4-5-21-3)11-10(14(19)20)16-12(18)9(7(2)17)13(16)22-11/h7-9,13,15,17H,4-5H2,1-3H3,(H,19,20)/t7?,8-,9+,13-/m1/s1. The molecule has 1 saturated heterocycles. The fourth-order valence-electron chi connectivity index (χ4n) is 2.83. The van der Waals surface area contributed by atoms with Crippen LogP contribution in [-0.2, 0) is 9.59 Å². The van der Waals surface area contributed by atoms with E-state index in [1.54, 1.807) is 25.6 Å². The summed E-state index contributed by atoms with van der Waals surface area (Å²) in [5, 5.41) is 26.8. The van der Waals surface area contributed by atoms with Crippen LogP contribution < -0.4 is 0 Å². The summed E-state index contributed by atoms with van der Waals surface area (Å²) in [6.07, 6.45) is 1.83. The molecule has 0 aromatic heterocycles. The van der Waals surface area contributed by atoms with E-state index in [1.807, 2.05) is 6.26 Å². The van der Waals surface area contributed by atoms with Gasteiger partial charge in [-0.15, -0.1) is 11.8 Å². The lowest BCUT2D eigenvalue weighted by molar-refractivity contribution is -0.156. The number of aliphatic hydroxyl groups excluding tert-OH is 1. The minimum absolute atomic E-state index is 0.00500. The molecule has 0 aromatic rings. The third-order valence-electron chi connectivity index (χ3n) is 3.98. The number of nitrogens with zero attached hydrogens (tertiary/aromatic N) is 1. The SMILES string of the molecule is CSCC[C@H](C(C)=N)C1=C(C(=O)O)N2C(=O)[C@H](C(C)O)[C@H]2S1. The molecular formula is C14H20N2O4S2. The molecule has 0 aliphatic carbocycles. The van der Waals surface area contributed by atoms with Gasteiger partial charge in [0.2, 0.25) is 5.91 Å². The number of carboxylic acids is 1. The molecule has 122 valence electrons. The molecule has 1 unspecified atom stereocenters. The molecule has 4 atom stereocenters. The first-order valence-electron chi connectivity index (χ1n) is 7.00. The average molecular weight is 344 g/mol. The van der Waals surface area contributed by atoms with Crippen LogP contribution >= 0.6 is 23.5 Å². The van der Waals surface area contributed by atoms with Crippen molar-refractivity contribution in [2.24, 2.45) is 11.8 Å². The predicted molar refractivity (Wildman–Crippen MR) is 87.9 cm³/mol. The number of aliphatic carboxylic acids is 1. The Morgan fingerprint density at radius 1 is 1.55 bits per heavy atom. The van der Waals surface area contributed by atoms with Crippen molar-refractivity contribution >= 4 is 41.1 Å². The second kappa shape index (κ2) is 6.64. The highest BCUT2D eigenvalue weighted by atomic mass is 32.2. The van der Waals surface area contributed by atoms with Gasteiger partial charge in [0.1, 0.15) is 11.1 Å². The van der Waals surface area contributed by atoms with Crippen LogP contribution in [0.15, 0.2) is 10.6 Å². The first-order chi connectivity index (χ1) is 10.3. The molecule has 2 rings (SSSR count). The zero-order chi connectivity index (χ0) is 16.6. The van der Waals surface area contributed by atoms with Gasteiger partial charge in [0.05, 0.1) is 12.0 Å². The Morgan fingerprint density at radius 3 is 2.64 bits per heavy atom. The zero-order valence-corrected chi connectivity index (χ0v) is 14.3. The number of fused-ring (bicyclic) bond motifs is 1. The Balaban J connectivity index is 2.35. The topological polar surface area (TPSA) is 102 Å². The third kappa shape index (κ3) is 2.79. The van der Waals surface area contributed by atoms with Gasteiger partial charge in [-0.25, -0.2) is 4.79 Å². The molecule has 22 heavy (non-hydrogen) atoms. The summed E-state index contributed by atoms with van der Waals surface area (Å²) >= 11 is 2.96. The van der Waals surface area contributed by atoms with Crippen molar-refractivity contribution in [3.05, 3.63) is 10.6 Å². The van der Waals surface area contributed by atoms with Gasteiger partial charge < -0.3 is 15.6 Å². The number of carbonyl (C=O) groups excluding carboxylic acids is 1. The molecule has 1 fully saturated rings. The van der Waals surface area contributed by atoms with Crippen LogP contribution in [0.2, 0.25) is 0 Å². The molecule has 8 heteroatoms. The molecule has 0 aromatic carbocycles. The van der Waals surface area contributed by atoms with E-state index in [4.69, 9.17) is 5.41 Å². The molecule has 0 spiro atoms. The summed E-state index contributed by atoms with van der Waals surface area (Å²) in [5.41, 5.74) is 0.397. The smallest absolute Gasteiger partial charge is 0.353 e. The van der Waals surface area contributed by atoms with Gasteiger partial charge in [-0.1, -0.05) is 0 Å². The number of rotatable bonds is 7. The van der Waals surface area contributed by atoms with E-state index >= 15 is 0 Å². The number of nitrogens with one attached hydrogen (secondary N) is 1. The van der Waals surface area contributed by atoms with Crippen LogP contribution in [0.5, 0.6) is 0 Å². The van der Waals surface area contributed by atoms with E-state index in [9.17, 15) is 19.8 Å².